The molecule has 1 N–H and O–H groups in total. The standard InChI is InChI=1S/C23H26FN5S/c1-17(2)21-16-22(25-19-10-8-18(24)9-11-19)27-23(26-21)28-12-14-29(15-13-28)30-20-6-4-3-5-7-20/h3-11,16-17H,12-15H2,1-2H3,(H,25,26,27). The van der Waals surface area contributed by atoms with Crippen molar-refractivity contribution in [3.8, 4) is 0 Å². The quantitative estimate of drug-likeness (QED) is 0.542. The third-order valence-electron chi connectivity index (χ3n) is 4.94. The highest BCUT2D eigenvalue weighted by atomic mass is 32.2. The Kier molecular flexibility index (Phi) is 6.50. The Bertz CT molecular complexity index is 957. The summed E-state index contributed by atoms with van der Waals surface area (Å²) in [5, 5.41) is 3.29. The molecule has 5 nitrogen and oxygen atoms in total. The molecule has 156 valence electrons. The van der Waals surface area contributed by atoms with E-state index in [0.717, 1.165) is 49.3 Å². The van der Waals surface area contributed by atoms with Gasteiger partial charge in [0.25, 0.3) is 0 Å². The van der Waals surface area contributed by atoms with Crippen molar-refractivity contribution >= 4 is 29.4 Å². The number of rotatable bonds is 6. The molecule has 1 aliphatic heterocycles. The Balaban J connectivity index is 1.46. The number of hydrogen-bond acceptors (Lipinski definition) is 6. The van der Waals surface area contributed by atoms with Crippen LogP contribution in [0.5, 0.6) is 0 Å². The van der Waals surface area contributed by atoms with Crippen molar-refractivity contribution in [1.29, 1.82) is 0 Å². The number of nitrogens with one attached hydrogen (secondary N) is 1. The summed E-state index contributed by atoms with van der Waals surface area (Å²) in [6.07, 6.45) is 0. The van der Waals surface area contributed by atoms with Crippen molar-refractivity contribution in [1.82, 2.24) is 14.3 Å². The molecule has 0 aliphatic carbocycles. The fraction of sp³-hybridized carbons (Fsp3) is 0.304. The minimum atomic E-state index is -0.252. The molecule has 1 fully saturated rings. The van der Waals surface area contributed by atoms with Crippen molar-refractivity contribution in [2.45, 2.75) is 24.7 Å². The maximum absolute atomic E-state index is 13.2. The van der Waals surface area contributed by atoms with Crippen LogP contribution in [0.3, 0.4) is 0 Å². The zero-order chi connectivity index (χ0) is 20.9. The van der Waals surface area contributed by atoms with E-state index < -0.39 is 0 Å². The third-order valence-corrected chi connectivity index (χ3v) is 6.05. The molecule has 0 radical (unpaired) electrons. The first kappa shape index (κ1) is 20.6. The van der Waals surface area contributed by atoms with E-state index >= 15 is 0 Å². The molecular formula is C23H26FN5S. The molecule has 0 amide bonds. The van der Waals surface area contributed by atoms with Gasteiger partial charge in [0.2, 0.25) is 5.95 Å². The Morgan fingerprint density at radius 2 is 1.63 bits per heavy atom. The summed E-state index contributed by atoms with van der Waals surface area (Å²) in [5.74, 6) is 1.51. The number of benzene rings is 2. The van der Waals surface area contributed by atoms with Gasteiger partial charge in [-0.1, -0.05) is 32.0 Å². The van der Waals surface area contributed by atoms with Crippen molar-refractivity contribution < 1.29 is 4.39 Å². The number of halogens is 1. The molecule has 2 aromatic carbocycles. The number of anilines is 3. The highest BCUT2D eigenvalue weighted by Crippen LogP contribution is 2.26. The molecular weight excluding hydrogens is 397 g/mol. The topological polar surface area (TPSA) is 44.3 Å². The minimum absolute atomic E-state index is 0.252. The lowest BCUT2D eigenvalue weighted by atomic mass is 10.1. The van der Waals surface area contributed by atoms with E-state index in [4.69, 9.17) is 9.97 Å². The van der Waals surface area contributed by atoms with E-state index in [-0.39, 0.29) is 11.7 Å². The van der Waals surface area contributed by atoms with Crippen molar-refractivity contribution in [3.63, 3.8) is 0 Å². The molecule has 0 saturated carbocycles. The van der Waals surface area contributed by atoms with Gasteiger partial charge >= 0.3 is 0 Å². The van der Waals surface area contributed by atoms with Gasteiger partial charge in [-0.15, -0.1) is 0 Å². The van der Waals surface area contributed by atoms with Crippen LogP contribution in [0.2, 0.25) is 0 Å². The zero-order valence-corrected chi connectivity index (χ0v) is 18.1. The molecule has 4 rings (SSSR count). The van der Waals surface area contributed by atoms with E-state index in [1.807, 2.05) is 12.1 Å². The van der Waals surface area contributed by atoms with E-state index in [1.54, 1.807) is 24.1 Å². The van der Waals surface area contributed by atoms with Gasteiger partial charge in [0.1, 0.15) is 11.6 Å². The van der Waals surface area contributed by atoms with Crippen molar-refractivity contribution in [3.05, 3.63) is 72.2 Å². The second kappa shape index (κ2) is 9.45. The minimum Gasteiger partial charge on any atom is -0.340 e. The molecule has 1 saturated heterocycles. The molecule has 3 aromatic rings. The average Bonchev–Trinajstić information content (AvgIpc) is 2.76. The van der Waals surface area contributed by atoms with Gasteiger partial charge in [-0.05, 0) is 54.3 Å². The second-order valence-electron chi connectivity index (χ2n) is 7.59. The van der Waals surface area contributed by atoms with Gasteiger partial charge in [-0.2, -0.15) is 4.98 Å². The molecule has 0 spiro atoms. The van der Waals surface area contributed by atoms with Crippen LogP contribution in [0, 0.1) is 5.82 Å². The lowest BCUT2D eigenvalue weighted by Crippen LogP contribution is -2.44. The Labute approximate surface area is 181 Å². The molecule has 7 heteroatoms. The fourth-order valence-corrected chi connectivity index (χ4v) is 4.17. The number of nitrogens with zero attached hydrogens (tertiary/aromatic N) is 4. The zero-order valence-electron chi connectivity index (χ0n) is 17.3. The summed E-state index contributed by atoms with van der Waals surface area (Å²) in [6.45, 7) is 7.88. The molecule has 2 heterocycles. The van der Waals surface area contributed by atoms with Crippen LogP contribution in [0.15, 0.2) is 65.6 Å². The summed E-state index contributed by atoms with van der Waals surface area (Å²) in [7, 11) is 0. The van der Waals surface area contributed by atoms with Gasteiger partial charge in [-0.3, -0.25) is 0 Å². The Hall–Kier alpha value is -2.64. The Morgan fingerprint density at radius 1 is 0.933 bits per heavy atom. The largest absolute Gasteiger partial charge is 0.340 e. The fourth-order valence-electron chi connectivity index (χ4n) is 3.24. The van der Waals surface area contributed by atoms with Crippen LogP contribution in [0.1, 0.15) is 25.5 Å². The highest BCUT2D eigenvalue weighted by molar-refractivity contribution is 7.97. The molecule has 1 aromatic heterocycles. The monoisotopic (exact) mass is 423 g/mol. The van der Waals surface area contributed by atoms with Crippen LogP contribution in [-0.2, 0) is 0 Å². The van der Waals surface area contributed by atoms with Gasteiger partial charge in [0.15, 0.2) is 0 Å². The van der Waals surface area contributed by atoms with E-state index in [1.165, 1.54) is 17.0 Å². The van der Waals surface area contributed by atoms with Gasteiger partial charge in [0.05, 0.1) is 5.69 Å². The third kappa shape index (κ3) is 5.29. The predicted molar refractivity (Wildman–Crippen MR) is 122 cm³/mol. The lowest BCUT2D eigenvalue weighted by Gasteiger charge is -2.34. The van der Waals surface area contributed by atoms with E-state index in [0.29, 0.717) is 0 Å². The van der Waals surface area contributed by atoms with Crippen LogP contribution >= 0.6 is 11.9 Å². The maximum Gasteiger partial charge on any atom is 0.227 e. The van der Waals surface area contributed by atoms with Crippen molar-refractivity contribution in [2.75, 3.05) is 36.4 Å². The number of aromatic nitrogens is 2. The number of hydrogen-bond donors (Lipinski definition) is 1. The summed E-state index contributed by atoms with van der Waals surface area (Å²) < 4.78 is 15.6. The van der Waals surface area contributed by atoms with Crippen molar-refractivity contribution in [2.24, 2.45) is 0 Å². The molecule has 1 aliphatic rings. The van der Waals surface area contributed by atoms with Crippen LogP contribution in [-0.4, -0.2) is 40.5 Å². The molecule has 0 unspecified atom stereocenters. The predicted octanol–water partition coefficient (Wildman–Crippen LogP) is 5.31. The first-order valence-corrected chi connectivity index (χ1v) is 11.0. The summed E-state index contributed by atoms with van der Waals surface area (Å²) in [4.78, 5) is 13.1. The van der Waals surface area contributed by atoms with Crippen LogP contribution in [0.25, 0.3) is 0 Å². The summed E-state index contributed by atoms with van der Waals surface area (Å²) in [5.41, 5.74) is 1.80. The maximum atomic E-state index is 13.2. The molecule has 30 heavy (non-hydrogen) atoms. The summed E-state index contributed by atoms with van der Waals surface area (Å²) >= 11 is 1.80. The molecule has 0 atom stereocenters. The highest BCUT2D eigenvalue weighted by Gasteiger charge is 2.21. The Morgan fingerprint density at radius 3 is 2.30 bits per heavy atom. The van der Waals surface area contributed by atoms with E-state index in [9.17, 15) is 4.39 Å². The first-order valence-electron chi connectivity index (χ1n) is 10.2. The normalized spacial score (nSPS) is 14.9. The second-order valence-corrected chi connectivity index (χ2v) is 8.76. The van der Waals surface area contributed by atoms with Gasteiger partial charge in [-0.25, -0.2) is 13.7 Å². The average molecular weight is 424 g/mol. The van der Waals surface area contributed by atoms with Crippen LogP contribution in [0.4, 0.5) is 21.8 Å². The molecule has 0 bridgehead atoms. The van der Waals surface area contributed by atoms with Gasteiger partial charge < -0.3 is 10.2 Å². The first-order chi connectivity index (χ1) is 14.6. The van der Waals surface area contributed by atoms with Gasteiger partial charge in [0, 0.05) is 42.8 Å². The van der Waals surface area contributed by atoms with Crippen LogP contribution < -0.4 is 10.2 Å². The smallest absolute Gasteiger partial charge is 0.227 e. The number of piperazine rings is 1. The summed E-state index contributed by atoms with van der Waals surface area (Å²) in [6, 6.07) is 18.7. The van der Waals surface area contributed by atoms with E-state index in [2.05, 4.69) is 52.6 Å². The lowest BCUT2D eigenvalue weighted by molar-refractivity contribution is 0.426. The SMILES string of the molecule is CC(C)c1cc(Nc2ccc(F)cc2)nc(N2CCN(Sc3ccccc3)CC2)n1.